The lowest BCUT2D eigenvalue weighted by Gasteiger charge is -2.31. The molecule has 12 heteroatoms. The SMILES string of the molecule is CN(C)c1ccc(C(F)(F)F)cc1NC(=O)C1CCN(S(=O)(=O)c2ccc(F)c(F)c2)CC1. The Hall–Kier alpha value is -2.73. The Morgan fingerprint density at radius 3 is 2.21 bits per heavy atom. The molecule has 0 radical (unpaired) electrons. The number of sulfonamides is 1. The van der Waals surface area contributed by atoms with Gasteiger partial charge in [0.1, 0.15) is 0 Å². The van der Waals surface area contributed by atoms with Crippen LogP contribution in [0.25, 0.3) is 0 Å². The molecule has 0 atom stereocenters. The standard InChI is InChI=1S/C21H22F5N3O3S/c1-28(2)19-6-3-14(21(24,25)26)11-18(19)27-20(30)13-7-9-29(10-8-13)33(31,32)15-4-5-16(22)17(23)12-15/h3-6,11-13H,7-10H2,1-2H3,(H,27,30). The number of hydrogen-bond acceptors (Lipinski definition) is 4. The van der Waals surface area contributed by atoms with Gasteiger partial charge in [0.05, 0.1) is 21.8 Å². The van der Waals surface area contributed by atoms with Crippen LogP contribution in [0, 0.1) is 17.6 Å². The van der Waals surface area contributed by atoms with Gasteiger partial charge in [-0.15, -0.1) is 0 Å². The maximum atomic E-state index is 13.5. The number of carbonyl (C=O) groups excluding carboxylic acids is 1. The molecule has 0 saturated carbocycles. The zero-order valence-electron chi connectivity index (χ0n) is 17.8. The third-order valence-electron chi connectivity index (χ3n) is 5.42. The molecule has 1 aliphatic rings. The molecule has 1 fully saturated rings. The number of nitrogens with zero attached hydrogens (tertiary/aromatic N) is 2. The van der Waals surface area contributed by atoms with Crippen molar-refractivity contribution in [1.82, 2.24) is 4.31 Å². The van der Waals surface area contributed by atoms with Crippen LogP contribution in [-0.4, -0.2) is 45.8 Å². The molecule has 0 aromatic heterocycles. The number of alkyl halides is 3. The minimum atomic E-state index is -4.58. The van der Waals surface area contributed by atoms with Gasteiger partial charge in [-0.2, -0.15) is 17.5 Å². The highest BCUT2D eigenvalue weighted by molar-refractivity contribution is 7.89. The van der Waals surface area contributed by atoms with E-state index in [9.17, 15) is 35.2 Å². The highest BCUT2D eigenvalue weighted by Crippen LogP contribution is 2.35. The van der Waals surface area contributed by atoms with E-state index in [4.69, 9.17) is 0 Å². The summed E-state index contributed by atoms with van der Waals surface area (Å²) in [5.41, 5.74) is -0.526. The lowest BCUT2D eigenvalue weighted by Crippen LogP contribution is -2.41. The van der Waals surface area contributed by atoms with Gasteiger partial charge in [-0.25, -0.2) is 17.2 Å². The van der Waals surface area contributed by atoms with E-state index in [0.29, 0.717) is 11.8 Å². The predicted molar refractivity (Wildman–Crippen MR) is 112 cm³/mol. The molecule has 2 aromatic rings. The summed E-state index contributed by atoms with van der Waals surface area (Å²) >= 11 is 0. The van der Waals surface area contributed by atoms with Gasteiger partial charge in [0, 0.05) is 33.1 Å². The Morgan fingerprint density at radius 2 is 1.67 bits per heavy atom. The number of carbonyl (C=O) groups is 1. The Balaban J connectivity index is 1.71. The third kappa shape index (κ3) is 5.44. The normalized spacial score (nSPS) is 16.0. The smallest absolute Gasteiger partial charge is 0.376 e. The van der Waals surface area contributed by atoms with Gasteiger partial charge in [0.25, 0.3) is 0 Å². The van der Waals surface area contributed by atoms with Crippen LogP contribution in [0.3, 0.4) is 0 Å². The van der Waals surface area contributed by atoms with E-state index in [1.54, 1.807) is 19.0 Å². The number of halogens is 5. The van der Waals surface area contributed by atoms with E-state index in [-0.39, 0.29) is 31.6 Å². The van der Waals surface area contributed by atoms with Crippen LogP contribution in [0.15, 0.2) is 41.3 Å². The van der Waals surface area contributed by atoms with E-state index in [1.165, 1.54) is 6.07 Å². The summed E-state index contributed by atoms with van der Waals surface area (Å²) in [6.07, 6.45) is -4.35. The maximum Gasteiger partial charge on any atom is 0.416 e. The predicted octanol–water partition coefficient (Wildman–Crippen LogP) is 4.09. The quantitative estimate of drug-likeness (QED) is 0.640. The molecule has 1 N–H and O–H groups in total. The number of piperidine rings is 1. The highest BCUT2D eigenvalue weighted by Gasteiger charge is 2.34. The molecular formula is C21H22F5N3O3S. The van der Waals surface area contributed by atoms with Crippen LogP contribution in [-0.2, 0) is 21.0 Å². The van der Waals surface area contributed by atoms with Gasteiger partial charge in [0.15, 0.2) is 11.6 Å². The molecule has 0 spiro atoms. The second-order valence-corrected chi connectivity index (χ2v) is 9.81. The molecule has 0 unspecified atom stereocenters. The van der Waals surface area contributed by atoms with E-state index in [1.807, 2.05) is 0 Å². The third-order valence-corrected chi connectivity index (χ3v) is 7.31. The summed E-state index contributed by atoms with van der Waals surface area (Å²) in [4.78, 5) is 13.9. The average Bonchev–Trinajstić information content (AvgIpc) is 2.74. The van der Waals surface area contributed by atoms with Gasteiger partial charge in [0.2, 0.25) is 15.9 Å². The molecule has 0 bridgehead atoms. The van der Waals surface area contributed by atoms with Crippen molar-refractivity contribution in [1.29, 1.82) is 0 Å². The topological polar surface area (TPSA) is 69.7 Å². The van der Waals surface area contributed by atoms with E-state index < -0.39 is 50.1 Å². The first kappa shape index (κ1) is 24.9. The minimum Gasteiger partial charge on any atom is -0.376 e. The second-order valence-electron chi connectivity index (χ2n) is 7.87. The summed E-state index contributed by atoms with van der Waals surface area (Å²) in [6, 6.07) is 5.32. The zero-order chi connectivity index (χ0) is 24.6. The first-order chi connectivity index (χ1) is 15.3. The monoisotopic (exact) mass is 491 g/mol. The zero-order valence-corrected chi connectivity index (χ0v) is 18.6. The number of amides is 1. The van der Waals surface area contributed by atoms with Crippen molar-refractivity contribution in [2.75, 3.05) is 37.4 Å². The summed E-state index contributed by atoms with van der Waals surface area (Å²) in [6.45, 7) is -0.106. The Bertz CT molecular complexity index is 1140. The van der Waals surface area contributed by atoms with Crippen molar-refractivity contribution in [3.63, 3.8) is 0 Å². The second kappa shape index (κ2) is 9.26. The van der Waals surface area contributed by atoms with Crippen molar-refractivity contribution < 1.29 is 35.2 Å². The Kier molecular flexibility index (Phi) is 6.99. The molecule has 0 aliphatic carbocycles. The fourth-order valence-corrected chi connectivity index (χ4v) is 5.06. The van der Waals surface area contributed by atoms with Gasteiger partial charge >= 0.3 is 6.18 Å². The molecule has 33 heavy (non-hydrogen) atoms. The van der Waals surface area contributed by atoms with Crippen molar-refractivity contribution in [3.8, 4) is 0 Å². The van der Waals surface area contributed by atoms with E-state index in [0.717, 1.165) is 28.6 Å². The van der Waals surface area contributed by atoms with Crippen LogP contribution in [0.4, 0.5) is 33.3 Å². The van der Waals surface area contributed by atoms with Crippen molar-refractivity contribution in [2.45, 2.75) is 23.9 Å². The molecule has 2 aromatic carbocycles. The van der Waals surface area contributed by atoms with Gasteiger partial charge in [-0.05, 0) is 49.2 Å². The molecule has 1 amide bonds. The van der Waals surface area contributed by atoms with Crippen LogP contribution in [0.2, 0.25) is 0 Å². The number of nitrogens with one attached hydrogen (secondary N) is 1. The number of anilines is 2. The van der Waals surface area contributed by atoms with Crippen LogP contribution in [0.1, 0.15) is 18.4 Å². The molecular weight excluding hydrogens is 469 g/mol. The van der Waals surface area contributed by atoms with Crippen molar-refractivity contribution >= 4 is 27.3 Å². The summed E-state index contributed by atoms with van der Waals surface area (Å²) in [5.74, 6) is -3.62. The fourth-order valence-electron chi connectivity index (χ4n) is 3.58. The summed E-state index contributed by atoms with van der Waals surface area (Å²) in [5, 5.41) is 2.53. The Morgan fingerprint density at radius 1 is 1.03 bits per heavy atom. The number of hydrogen-bond donors (Lipinski definition) is 1. The van der Waals surface area contributed by atoms with Gasteiger partial charge in [-0.1, -0.05) is 0 Å². The molecule has 180 valence electrons. The van der Waals surface area contributed by atoms with Crippen molar-refractivity contribution in [3.05, 3.63) is 53.6 Å². The first-order valence-corrected chi connectivity index (χ1v) is 11.4. The Labute approximate surface area is 188 Å². The minimum absolute atomic E-state index is 0.00309. The number of rotatable bonds is 5. The van der Waals surface area contributed by atoms with E-state index in [2.05, 4.69) is 5.32 Å². The molecule has 6 nitrogen and oxygen atoms in total. The average molecular weight is 491 g/mol. The number of benzene rings is 2. The summed E-state index contributed by atoms with van der Waals surface area (Å²) < 4.78 is 92.3. The molecule has 1 heterocycles. The molecule has 1 saturated heterocycles. The lowest BCUT2D eigenvalue weighted by atomic mass is 9.97. The van der Waals surface area contributed by atoms with Crippen LogP contribution >= 0.6 is 0 Å². The van der Waals surface area contributed by atoms with Gasteiger partial charge < -0.3 is 10.2 Å². The first-order valence-electron chi connectivity index (χ1n) is 9.95. The van der Waals surface area contributed by atoms with Crippen LogP contribution in [0.5, 0.6) is 0 Å². The largest absolute Gasteiger partial charge is 0.416 e. The fraction of sp³-hybridized carbons (Fsp3) is 0.381. The van der Waals surface area contributed by atoms with Gasteiger partial charge in [-0.3, -0.25) is 4.79 Å². The molecule has 1 aliphatic heterocycles. The molecule has 3 rings (SSSR count). The van der Waals surface area contributed by atoms with Crippen LogP contribution < -0.4 is 10.2 Å². The van der Waals surface area contributed by atoms with E-state index >= 15 is 0 Å². The maximum absolute atomic E-state index is 13.5. The van der Waals surface area contributed by atoms with Crippen molar-refractivity contribution in [2.24, 2.45) is 5.92 Å². The summed E-state index contributed by atoms with van der Waals surface area (Å²) in [7, 11) is -0.836. The highest BCUT2D eigenvalue weighted by atomic mass is 32.2. The lowest BCUT2D eigenvalue weighted by molar-refractivity contribution is -0.137.